The summed E-state index contributed by atoms with van der Waals surface area (Å²) in [5, 5.41) is 2.84. The van der Waals surface area contributed by atoms with Crippen LogP contribution in [-0.2, 0) is 9.53 Å². The number of carbonyl (C=O) groups is 2. The quantitative estimate of drug-likeness (QED) is 0.929. The Morgan fingerprint density at radius 3 is 2.70 bits per heavy atom. The number of amides is 2. The lowest BCUT2D eigenvalue weighted by Gasteiger charge is -2.28. The van der Waals surface area contributed by atoms with Gasteiger partial charge in [-0.15, -0.1) is 0 Å². The monoisotopic (exact) mass is 320 g/mol. The Labute approximate surface area is 136 Å². The number of anilines is 1. The Morgan fingerprint density at radius 2 is 2.04 bits per heavy atom. The molecule has 1 atom stereocenters. The van der Waals surface area contributed by atoms with Gasteiger partial charge in [0.05, 0.1) is 7.11 Å². The lowest BCUT2D eigenvalue weighted by Crippen LogP contribution is -2.45. The van der Waals surface area contributed by atoms with Gasteiger partial charge in [-0.1, -0.05) is 6.07 Å². The van der Waals surface area contributed by atoms with Gasteiger partial charge in [0, 0.05) is 18.3 Å². The third-order valence-electron chi connectivity index (χ3n) is 3.52. The van der Waals surface area contributed by atoms with Crippen LogP contribution in [0.25, 0.3) is 0 Å². The minimum absolute atomic E-state index is 0.207. The molecule has 1 N–H and O–H groups in total. The maximum atomic E-state index is 12.5. The zero-order valence-electron chi connectivity index (χ0n) is 14.1. The Morgan fingerprint density at radius 1 is 1.30 bits per heavy atom. The van der Waals surface area contributed by atoms with Gasteiger partial charge >= 0.3 is 6.09 Å². The molecule has 0 spiro atoms. The molecule has 6 heteroatoms. The molecule has 1 fully saturated rings. The van der Waals surface area contributed by atoms with E-state index in [0.29, 0.717) is 24.4 Å². The third-order valence-corrected chi connectivity index (χ3v) is 3.52. The van der Waals surface area contributed by atoms with Crippen molar-refractivity contribution in [3.63, 3.8) is 0 Å². The lowest BCUT2D eigenvalue weighted by atomic mass is 10.2. The van der Waals surface area contributed by atoms with Crippen LogP contribution >= 0.6 is 0 Å². The molecule has 0 radical (unpaired) electrons. The molecule has 1 aliphatic rings. The number of ether oxygens (including phenoxy) is 2. The molecular formula is C17H24N2O4. The van der Waals surface area contributed by atoms with E-state index in [1.807, 2.05) is 20.8 Å². The number of methoxy groups -OCH3 is 1. The number of hydrogen-bond donors (Lipinski definition) is 1. The molecular weight excluding hydrogens is 296 g/mol. The van der Waals surface area contributed by atoms with Crippen LogP contribution in [0, 0.1) is 0 Å². The molecule has 1 heterocycles. The molecule has 0 saturated carbocycles. The van der Waals surface area contributed by atoms with Gasteiger partial charge in [-0.05, 0) is 45.7 Å². The van der Waals surface area contributed by atoms with Gasteiger partial charge in [-0.2, -0.15) is 0 Å². The Bertz CT molecular complexity index is 580. The lowest BCUT2D eigenvalue weighted by molar-refractivity contribution is -0.120. The largest absolute Gasteiger partial charge is 0.497 e. The summed E-state index contributed by atoms with van der Waals surface area (Å²) in [6.07, 6.45) is 0.977. The summed E-state index contributed by atoms with van der Waals surface area (Å²) in [7, 11) is 1.57. The van der Waals surface area contributed by atoms with E-state index in [2.05, 4.69) is 5.32 Å². The average molecular weight is 320 g/mol. The number of nitrogens with zero attached hydrogens (tertiary/aromatic N) is 1. The van der Waals surface area contributed by atoms with Crippen LogP contribution in [0.2, 0.25) is 0 Å². The molecule has 1 aromatic rings. The Balaban J connectivity index is 2.04. The summed E-state index contributed by atoms with van der Waals surface area (Å²) in [6, 6.07) is 6.63. The number of benzene rings is 1. The van der Waals surface area contributed by atoms with E-state index in [1.165, 1.54) is 4.90 Å². The molecule has 23 heavy (non-hydrogen) atoms. The maximum Gasteiger partial charge on any atom is 0.410 e. The maximum absolute atomic E-state index is 12.5. The molecule has 1 aliphatic heterocycles. The fraction of sp³-hybridized carbons (Fsp3) is 0.529. The molecule has 1 aromatic carbocycles. The van der Waals surface area contributed by atoms with Gasteiger partial charge in [0.15, 0.2) is 0 Å². The first-order valence-electron chi connectivity index (χ1n) is 7.75. The predicted molar refractivity (Wildman–Crippen MR) is 87.6 cm³/mol. The van der Waals surface area contributed by atoms with E-state index >= 15 is 0 Å². The minimum atomic E-state index is -0.576. The van der Waals surface area contributed by atoms with E-state index in [1.54, 1.807) is 31.4 Å². The molecule has 2 rings (SSSR count). The summed E-state index contributed by atoms with van der Waals surface area (Å²) in [5.74, 6) is 0.458. The zero-order valence-corrected chi connectivity index (χ0v) is 14.1. The minimum Gasteiger partial charge on any atom is -0.497 e. The van der Waals surface area contributed by atoms with Gasteiger partial charge in [0.2, 0.25) is 5.91 Å². The number of carbonyl (C=O) groups excluding carboxylic acids is 2. The first-order valence-corrected chi connectivity index (χ1v) is 7.75. The average Bonchev–Trinajstić information content (AvgIpc) is 2.95. The number of hydrogen-bond acceptors (Lipinski definition) is 4. The number of nitrogens with one attached hydrogen (secondary N) is 1. The van der Waals surface area contributed by atoms with Crippen molar-refractivity contribution in [3.05, 3.63) is 24.3 Å². The van der Waals surface area contributed by atoms with Gasteiger partial charge in [-0.25, -0.2) is 4.79 Å². The van der Waals surface area contributed by atoms with Crippen LogP contribution in [-0.4, -0.2) is 42.2 Å². The van der Waals surface area contributed by atoms with Crippen LogP contribution < -0.4 is 10.1 Å². The smallest absolute Gasteiger partial charge is 0.410 e. The van der Waals surface area contributed by atoms with E-state index < -0.39 is 17.7 Å². The Hall–Kier alpha value is -2.24. The van der Waals surface area contributed by atoms with E-state index in [0.717, 1.165) is 6.42 Å². The standard InChI is InChI=1S/C17H24N2O4/c1-17(2,3)23-16(21)19-10-6-9-14(19)15(20)18-12-7-5-8-13(11-12)22-4/h5,7-8,11,14H,6,9-10H2,1-4H3,(H,18,20)/t14-/m0/s1. The molecule has 0 unspecified atom stereocenters. The highest BCUT2D eigenvalue weighted by Crippen LogP contribution is 2.23. The molecule has 0 aliphatic carbocycles. The highest BCUT2D eigenvalue weighted by atomic mass is 16.6. The van der Waals surface area contributed by atoms with Crippen molar-refractivity contribution in [3.8, 4) is 5.75 Å². The molecule has 0 bridgehead atoms. The summed E-state index contributed by atoms with van der Waals surface area (Å²) in [6.45, 7) is 5.97. The normalized spacial score (nSPS) is 17.7. The van der Waals surface area contributed by atoms with Gasteiger partial charge in [0.1, 0.15) is 17.4 Å². The zero-order chi connectivity index (χ0) is 17.0. The van der Waals surface area contributed by atoms with Gasteiger partial charge in [0.25, 0.3) is 0 Å². The van der Waals surface area contributed by atoms with E-state index in [4.69, 9.17) is 9.47 Å². The van der Waals surface area contributed by atoms with Crippen LogP contribution in [0.5, 0.6) is 5.75 Å². The van der Waals surface area contributed by atoms with Gasteiger partial charge < -0.3 is 14.8 Å². The van der Waals surface area contributed by atoms with Crippen LogP contribution in [0.15, 0.2) is 24.3 Å². The second kappa shape index (κ2) is 6.89. The fourth-order valence-corrected chi connectivity index (χ4v) is 2.50. The molecule has 6 nitrogen and oxygen atoms in total. The first kappa shape index (κ1) is 17.1. The summed E-state index contributed by atoms with van der Waals surface area (Å²) in [5.41, 5.74) is 0.0680. The summed E-state index contributed by atoms with van der Waals surface area (Å²) in [4.78, 5) is 26.2. The summed E-state index contributed by atoms with van der Waals surface area (Å²) < 4.78 is 10.5. The van der Waals surface area contributed by atoms with Gasteiger partial charge in [-0.3, -0.25) is 9.69 Å². The highest BCUT2D eigenvalue weighted by Gasteiger charge is 2.36. The third kappa shape index (κ3) is 4.61. The van der Waals surface area contributed by atoms with Crippen molar-refractivity contribution in [2.75, 3.05) is 19.0 Å². The SMILES string of the molecule is COc1cccc(NC(=O)[C@@H]2CCCN2C(=O)OC(C)(C)C)c1. The number of rotatable bonds is 3. The van der Waals surface area contributed by atoms with Crippen LogP contribution in [0.1, 0.15) is 33.6 Å². The second-order valence-corrected chi connectivity index (χ2v) is 6.55. The van der Waals surface area contributed by atoms with Crippen LogP contribution in [0.3, 0.4) is 0 Å². The highest BCUT2D eigenvalue weighted by molar-refractivity contribution is 5.97. The van der Waals surface area contributed by atoms with Crippen molar-refractivity contribution < 1.29 is 19.1 Å². The van der Waals surface area contributed by atoms with E-state index in [9.17, 15) is 9.59 Å². The molecule has 1 saturated heterocycles. The van der Waals surface area contributed by atoms with Crippen LogP contribution in [0.4, 0.5) is 10.5 Å². The summed E-state index contributed by atoms with van der Waals surface area (Å²) >= 11 is 0. The van der Waals surface area contributed by atoms with Crippen molar-refractivity contribution in [1.82, 2.24) is 4.90 Å². The van der Waals surface area contributed by atoms with Crippen molar-refractivity contribution in [2.45, 2.75) is 45.3 Å². The fourth-order valence-electron chi connectivity index (χ4n) is 2.50. The molecule has 126 valence electrons. The topological polar surface area (TPSA) is 67.9 Å². The van der Waals surface area contributed by atoms with Crippen molar-refractivity contribution in [1.29, 1.82) is 0 Å². The molecule has 2 amide bonds. The first-order chi connectivity index (χ1) is 10.8. The molecule has 0 aromatic heterocycles. The van der Waals surface area contributed by atoms with Crippen molar-refractivity contribution in [2.24, 2.45) is 0 Å². The Kier molecular flexibility index (Phi) is 5.13. The number of likely N-dealkylation sites (tertiary alicyclic amines) is 1. The van der Waals surface area contributed by atoms with Crippen molar-refractivity contribution >= 4 is 17.7 Å². The van der Waals surface area contributed by atoms with E-state index in [-0.39, 0.29) is 5.91 Å². The second-order valence-electron chi connectivity index (χ2n) is 6.55. The predicted octanol–water partition coefficient (Wildman–Crippen LogP) is 3.03.